The summed E-state index contributed by atoms with van der Waals surface area (Å²) in [6, 6.07) is 12.3. The van der Waals surface area contributed by atoms with E-state index in [4.69, 9.17) is 0 Å². The van der Waals surface area contributed by atoms with Gasteiger partial charge in [-0.2, -0.15) is 4.98 Å². The lowest BCUT2D eigenvalue weighted by Crippen LogP contribution is -2.09. The van der Waals surface area contributed by atoms with E-state index < -0.39 is 0 Å². The standard InChI is InChI=1S/C18H26N4/c1-3-5-9-13-19-17-14-16(15-10-7-6-8-11-15)21-18(22-17)20-12-4-2/h6-8,10-11,14H,3-5,9,12-13H2,1-2H3,(H2,19,20,21,22). The number of nitrogens with one attached hydrogen (secondary N) is 2. The van der Waals surface area contributed by atoms with Crippen LogP contribution in [0.4, 0.5) is 11.8 Å². The van der Waals surface area contributed by atoms with Gasteiger partial charge in [-0.15, -0.1) is 0 Å². The predicted molar refractivity (Wildman–Crippen MR) is 94.3 cm³/mol. The average molecular weight is 298 g/mol. The maximum absolute atomic E-state index is 4.62. The fourth-order valence-corrected chi connectivity index (χ4v) is 2.20. The Labute approximate surface area is 133 Å². The first-order valence-electron chi connectivity index (χ1n) is 8.25. The van der Waals surface area contributed by atoms with Crippen molar-refractivity contribution in [2.45, 2.75) is 39.5 Å². The highest BCUT2D eigenvalue weighted by molar-refractivity contribution is 5.64. The summed E-state index contributed by atoms with van der Waals surface area (Å²) in [7, 11) is 0. The van der Waals surface area contributed by atoms with Crippen LogP contribution in [0.15, 0.2) is 36.4 Å². The second-order valence-electron chi connectivity index (χ2n) is 5.39. The van der Waals surface area contributed by atoms with Gasteiger partial charge in [-0.25, -0.2) is 4.98 Å². The topological polar surface area (TPSA) is 49.8 Å². The van der Waals surface area contributed by atoms with E-state index in [1.165, 1.54) is 19.3 Å². The maximum atomic E-state index is 4.62. The van der Waals surface area contributed by atoms with Crippen LogP contribution in [0.5, 0.6) is 0 Å². The van der Waals surface area contributed by atoms with Gasteiger partial charge in [0.05, 0.1) is 5.69 Å². The molecular weight excluding hydrogens is 272 g/mol. The van der Waals surface area contributed by atoms with Gasteiger partial charge in [0.2, 0.25) is 5.95 Å². The Morgan fingerprint density at radius 3 is 2.41 bits per heavy atom. The Morgan fingerprint density at radius 2 is 1.68 bits per heavy atom. The molecule has 0 unspecified atom stereocenters. The first-order chi connectivity index (χ1) is 10.8. The van der Waals surface area contributed by atoms with Crippen molar-refractivity contribution in [3.63, 3.8) is 0 Å². The van der Waals surface area contributed by atoms with E-state index in [0.29, 0.717) is 5.95 Å². The van der Waals surface area contributed by atoms with Crippen molar-refractivity contribution in [2.75, 3.05) is 23.7 Å². The molecule has 4 nitrogen and oxygen atoms in total. The van der Waals surface area contributed by atoms with Crippen molar-refractivity contribution < 1.29 is 0 Å². The van der Waals surface area contributed by atoms with E-state index in [9.17, 15) is 0 Å². The number of benzene rings is 1. The number of hydrogen-bond acceptors (Lipinski definition) is 4. The summed E-state index contributed by atoms with van der Waals surface area (Å²) in [5.41, 5.74) is 2.06. The molecule has 0 atom stereocenters. The molecule has 118 valence electrons. The van der Waals surface area contributed by atoms with Crippen LogP contribution in [0.1, 0.15) is 39.5 Å². The molecule has 1 aromatic heterocycles. The third-order valence-electron chi connectivity index (χ3n) is 3.42. The molecule has 1 aromatic carbocycles. The van der Waals surface area contributed by atoms with Crippen LogP contribution in [-0.4, -0.2) is 23.1 Å². The molecule has 0 aliphatic rings. The molecule has 2 N–H and O–H groups in total. The van der Waals surface area contributed by atoms with Crippen molar-refractivity contribution in [2.24, 2.45) is 0 Å². The first-order valence-corrected chi connectivity index (χ1v) is 8.25. The summed E-state index contributed by atoms with van der Waals surface area (Å²) in [4.78, 5) is 9.18. The summed E-state index contributed by atoms with van der Waals surface area (Å²) >= 11 is 0. The summed E-state index contributed by atoms with van der Waals surface area (Å²) in [5, 5.41) is 6.70. The van der Waals surface area contributed by atoms with Crippen molar-refractivity contribution >= 4 is 11.8 Å². The Hall–Kier alpha value is -2.10. The summed E-state index contributed by atoms with van der Waals surface area (Å²) in [6.07, 6.45) is 4.69. The number of nitrogens with zero attached hydrogens (tertiary/aromatic N) is 2. The largest absolute Gasteiger partial charge is 0.370 e. The highest BCUT2D eigenvalue weighted by Crippen LogP contribution is 2.21. The number of anilines is 2. The summed E-state index contributed by atoms with van der Waals surface area (Å²) in [6.45, 7) is 6.18. The van der Waals surface area contributed by atoms with E-state index in [2.05, 4.69) is 46.6 Å². The predicted octanol–water partition coefficient (Wildman–Crippen LogP) is 4.57. The Morgan fingerprint density at radius 1 is 0.864 bits per heavy atom. The Balaban J connectivity index is 2.17. The molecule has 0 aliphatic carbocycles. The third kappa shape index (κ3) is 5.02. The molecule has 0 saturated heterocycles. The minimum absolute atomic E-state index is 0.696. The molecule has 0 amide bonds. The maximum Gasteiger partial charge on any atom is 0.225 e. The lowest BCUT2D eigenvalue weighted by atomic mass is 10.1. The van der Waals surface area contributed by atoms with Gasteiger partial charge < -0.3 is 10.6 Å². The summed E-state index contributed by atoms with van der Waals surface area (Å²) in [5.74, 6) is 1.59. The lowest BCUT2D eigenvalue weighted by Gasteiger charge is -2.11. The minimum atomic E-state index is 0.696. The third-order valence-corrected chi connectivity index (χ3v) is 3.42. The SMILES string of the molecule is CCCCCNc1cc(-c2ccccc2)nc(NCCC)n1. The van der Waals surface area contributed by atoms with Gasteiger partial charge in [0, 0.05) is 24.7 Å². The normalized spacial score (nSPS) is 10.5. The van der Waals surface area contributed by atoms with Crippen molar-refractivity contribution in [3.8, 4) is 11.3 Å². The molecule has 0 bridgehead atoms. The molecule has 2 aromatic rings. The monoisotopic (exact) mass is 298 g/mol. The van der Waals surface area contributed by atoms with Gasteiger partial charge in [-0.05, 0) is 12.8 Å². The molecule has 4 heteroatoms. The Bertz CT molecular complexity index is 554. The van der Waals surface area contributed by atoms with Gasteiger partial charge in [0.1, 0.15) is 5.82 Å². The van der Waals surface area contributed by atoms with E-state index >= 15 is 0 Å². The molecule has 0 spiro atoms. The number of hydrogen-bond donors (Lipinski definition) is 2. The fourth-order valence-electron chi connectivity index (χ4n) is 2.20. The Kier molecular flexibility index (Phi) is 6.68. The van der Waals surface area contributed by atoms with E-state index in [-0.39, 0.29) is 0 Å². The highest BCUT2D eigenvalue weighted by atomic mass is 15.1. The zero-order chi connectivity index (χ0) is 15.6. The lowest BCUT2D eigenvalue weighted by molar-refractivity contribution is 0.742. The minimum Gasteiger partial charge on any atom is -0.370 e. The van der Waals surface area contributed by atoms with E-state index in [1.54, 1.807) is 0 Å². The van der Waals surface area contributed by atoms with Gasteiger partial charge in [0.15, 0.2) is 0 Å². The van der Waals surface area contributed by atoms with E-state index in [0.717, 1.165) is 36.6 Å². The number of rotatable bonds is 9. The number of unbranched alkanes of at least 4 members (excludes halogenated alkanes) is 2. The van der Waals surface area contributed by atoms with Crippen LogP contribution in [0.3, 0.4) is 0 Å². The van der Waals surface area contributed by atoms with E-state index in [1.807, 2.05) is 24.3 Å². The molecule has 1 heterocycles. The van der Waals surface area contributed by atoms with Crippen molar-refractivity contribution in [3.05, 3.63) is 36.4 Å². The van der Waals surface area contributed by atoms with Crippen LogP contribution in [0.2, 0.25) is 0 Å². The molecular formula is C18H26N4. The van der Waals surface area contributed by atoms with Crippen LogP contribution in [0.25, 0.3) is 11.3 Å². The molecule has 0 aliphatic heterocycles. The first kappa shape index (κ1) is 16.3. The highest BCUT2D eigenvalue weighted by Gasteiger charge is 2.06. The average Bonchev–Trinajstić information content (AvgIpc) is 2.57. The molecule has 22 heavy (non-hydrogen) atoms. The molecule has 0 saturated carbocycles. The molecule has 0 fully saturated rings. The summed E-state index contributed by atoms with van der Waals surface area (Å²) < 4.78 is 0. The van der Waals surface area contributed by atoms with Gasteiger partial charge in [0.25, 0.3) is 0 Å². The fraction of sp³-hybridized carbons (Fsp3) is 0.444. The van der Waals surface area contributed by atoms with Crippen LogP contribution in [0, 0.1) is 0 Å². The smallest absolute Gasteiger partial charge is 0.225 e. The quantitative estimate of drug-likeness (QED) is 0.666. The van der Waals surface area contributed by atoms with Crippen LogP contribution in [-0.2, 0) is 0 Å². The van der Waals surface area contributed by atoms with Gasteiger partial charge in [-0.1, -0.05) is 57.0 Å². The van der Waals surface area contributed by atoms with Crippen molar-refractivity contribution in [1.29, 1.82) is 0 Å². The molecule has 0 radical (unpaired) electrons. The number of aromatic nitrogens is 2. The van der Waals surface area contributed by atoms with Crippen molar-refractivity contribution in [1.82, 2.24) is 9.97 Å². The van der Waals surface area contributed by atoms with Crippen LogP contribution >= 0.6 is 0 Å². The second-order valence-corrected chi connectivity index (χ2v) is 5.39. The van der Waals surface area contributed by atoms with Gasteiger partial charge in [-0.3, -0.25) is 0 Å². The van der Waals surface area contributed by atoms with Gasteiger partial charge >= 0.3 is 0 Å². The molecule has 2 rings (SSSR count). The zero-order valence-electron chi connectivity index (χ0n) is 13.6. The second kappa shape index (κ2) is 9.03. The van der Waals surface area contributed by atoms with Crippen LogP contribution < -0.4 is 10.6 Å². The zero-order valence-corrected chi connectivity index (χ0v) is 13.6.